The van der Waals surface area contributed by atoms with Gasteiger partial charge in [0.05, 0.1) is 6.54 Å². The monoisotopic (exact) mass is 268 g/mol. The number of rotatable bonds is 2. The van der Waals surface area contributed by atoms with Gasteiger partial charge in [0, 0.05) is 17.8 Å². The van der Waals surface area contributed by atoms with Gasteiger partial charge in [0.2, 0.25) is 0 Å². The molecule has 0 aliphatic carbocycles. The number of pyridine rings is 1. The molecule has 78 valence electrons. The molecule has 0 atom stereocenters. The molecule has 2 aromatic heterocycles. The highest BCUT2D eigenvalue weighted by molar-refractivity contribution is 9.10. The van der Waals surface area contributed by atoms with Crippen molar-refractivity contribution in [2.75, 3.05) is 0 Å². The highest BCUT2D eigenvalue weighted by atomic mass is 79.9. The third kappa shape index (κ3) is 2.18. The average molecular weight is 269 g/mol. The number of hydrogen-bond donors (Lipinski definition) is 0. The van der Waals surface area contributed by atoms with E-state index >= 15 is 0 Å². The summed E-state index contributed by atoms with van der Waals surface area (Å²) in [5.41, 5.74) is 0.709. The van der Waals surface area contributed by atoms with Gasteiger partial charge in [0.1, 0.15) is 4.60 Å². The molecule has 0 N–H and O–H groups in total. The molecular weight excluding hydrogens is 260 g/mol. The second-order valence-electron chi connectivity index (χ2n) is 3.24. The first kappa shape index (κ1) is 10.2. The molecule has 0 amide bonds. The van der Waals surface area contributed by atoms with Gasteiger partial charge in [-0.1, -0.05) is 11.2 Å². The lowest BCUT2D eigenvalue weighted by Crippen LogP contribution is -2.21. The van der Waals surface area contributed by atoms with Crippen LogP contribution in [0.3, 0.4) is 0 Å². The molecule has 0 bridgehead atoms. The summed E-state index contributed by atoms with van der Waals surface area (Å²) in [6.45, 7) is 2.19. The molecule has 0 spiro atoms. The maximum atomic E-state index is 11.7. The largest absolute Gasteiger partial charge is 0.358 e. The quantitative estimate of drug-likeness (QED) is 0.837. The molecule has 0 aliphatic heterocycles. The highest BCUT2D eigenvalue weighted by Gasteiger charge is 2.04. The third-order valence-corrected chi connectivity index (χ3v) is 2.44. The van der Waals surface area contributed by atoms with E-state index in [1.165, 1.54) is 0 Å². The van der Waals surface area contributed by atoms with Crippen LogP contribution in [0.25, 0.3) is 0 Å². The lowest BCUT2D eigenvalue weighted by molar-refractivity contribution is 0.372. The summed E-state index contributed by atoms with van der Waals surface area (Å²) < 4.78 is 7.23. The zero-order valence-corrected chi connectivity index (χ0v) is 9.69. The van der Waals surface area contributed by atoms with Crippen LogP contribution < -0.4 is 5.56 Å². The van der Waals surface area contributed by atoms with Crippen molar-refractivity contribution in [2.24, 2.45) is 0 Å². The molecule has 0 radical (unpaired) electrons. The van der Waals surface area contributed by atoms with Gasteiger partial charge >= 0.3 is 0 Å². The second-order valence-corrected chi connectivity index (χ2v) is 4.05. The minimum Gasteiger partial charge on any atom is -0.358 e. The molecule has 2 heterocycles. The van der Waals surface area contributed by atoms with Gasteiger partial charge in [0.25, 0.3) is 5.56 Å². The van der Waals surface area contributed by atoms with E-state index in [4.69, 9.17) is 4.52 Å². The fourth-order valence-corrected chi connectivity index (χ4v) is 1.64. The van der Waals surface area contributed by atoms with Gasteiger partial charge in [-0.2, -0.15) is 0 Å². The molecule has 0 aromatic carbocycles. The Labute approximate surface area is 94.6 Å². The standard InChI is InChI=1S/C10H9BrN2O2/c1-7-3-2-4-13(10(7)14)6-8-5-9(11)12-15-8/h2-5H,6H2,1H3. The lowest BCUT2D eigenvalue weighted by atomic mass is 10.3. The summed E-state index contributed by atoms with van der Waals surface area (Å²) in [5, 5.41) is 3.69. The van der Waals surface area contributed by atoms with Crippen molar-refractivity contribution >= 4 is 15.9 Å². The fourth-order valence-electron chi connectivity index (χ4n) is 1.31. The lowest BCUT2D eigenvalue weighted by Gasteiger charge is -2.02. The van der Waals surface area contributed by atoms with Gasteiger partial charge in [-0.25, -0.2) is 0 Å². The van der Waals surface area contributed by atoms with Gasteiger partial charge in [-0.05, 0) is 28.9 Å². The van der Waals surface area contributed by atoms with E-state index < -0.39 is 0 Å². The van der Waals surface area contributed by atoms with Crippen LogP contribution in [0.4, 0.5) is 0 Å². The van der Waals surface area contributed by atoms with Crippen molar-refractivity contribution in [3.63, 3.8) is 0 Å². The minimum atomic E-state index is -0.00924. The van der Waals surface area contributed by atoms with E-state index in [-0.39, 0.29) is 5.56 Å². The van der Waals surface area contributed by atoms with Crippen LogP contribution in [0, 0.1) is 6.92 Å². The van der Waals surface area contributed by atoms with Crippen LogP contribution in [0.1, 0.15) is 11.3 Å². The summed E-state index contributed by atoms with van der Waals surface area (Å²) in [5.74, 6) is 0.648. The molecule has 0 fully saturated rings. The Kier molecular flexibility index (Phi) is 2.73. The van der Waals surface area contributed by atoms with E-state index in [1.54, 1.807) is 29.8 Å². The maximum Gasteiger partial charge on any atom is 0.253 e. The van der Waals surface area contributed by atoms with Crippen LogP contribution in [-0.2, 0) is 6.54 Å². The van der Waals surface area contributed by atoms with E-state index in [0.29, 0.717) is 16.9 Å². The zero-order valence-electron chi connectivity index (χ0n) is 8.11. The number of nitrogens with zero attached hydrogens (tertiary/aromatic N) is 2. The minimum absolute atomic E-state index is 0.00924. The molecule has 2 aromatic rings. The Morgan fingerprint density at radius 1 is 1.60 bits per heavy atom. The van der Waals surface area contributed by atoms with Crippen LogP contribution in [-0.4, -0.2) is 9.72 Å². The topological polar surface area (TPSA) is 48.0 Å². The van der Waals surface area contributed by atoms with Crippen LogP contribution in [0.5, 0.6) is 0 Å². The number of aryl methyl sites for hydroxylation is 1. The number of aromatic nitrogens is 2. The Morgan fingerprint density at radius 3 is 3.07 bits per heavy atom. The van der Waals surface area contributed by atoms with Crippen molar-refractivity contribution < 1.29 is 4.52 Å². The Hall–Kier alpha value is -1.36. The summed E-state index contributed by atoms with van der Waals surface area (Å²) in [7, 11) is 0. The highest BCUT2D eigenvalue weighted by Crippen LogP contribution is 2.10. The Morgan fingerprint density at radius 2 is 2.40 bits per heavy atom. The fraction of sp³-hybridized carbons (Fsp3) is 0.200. The smallest absolute Gasteiger partial charge is 0.253 e. The van der Waals surface area contributed by atoms with Crippen molar-refractivity contribution in [1.29, 1.82) is 0 Å². The predicted octanol–water partition coefficient (Wildman–Crippen LogP) is 1.96. The van der Waals surface area contributed by atoms with E-state index in [9.17, 15) is 4.79 Å². The van der Waals surface area contributed by atoms with Crippen molar-refractivity contribution in [3.05, 3.63) is 50.7 Å². The molecule has 5 heteroatoms. The Balaban J connectivity index is 2.32. The van der Waals surface area contributed by atoms with E-state index in [2.05, 4.69) is 21.1 Å². The van der Waals surface area contributed by atoms with E-state index in [1.807, 2.05) is 6.07 Å². The summed E-state index contributed by atoms with van der Waals surface area (Å²) in [4.78, 5) is 11.7. The van der Waals surface area contributed by atoms with Crippen molar-refractivity contribution in [1.82, 2.24) is 9.72 Å². The first-order chi connectivity index (χ1) is 7.16. The summed E-state index contributed by atoms with van der Waals surface area (Å²) >= 11 is 3.19. The summed E-state index contributed by atoms with van der Waals surface area (Å²) in [6.07, 6.45) is 1.73. The van der Waals surface area contributed by atoms with Crippen molar-refractivity contribution in [3.8, 4) is 0 Å². The van der Waals surface area contributed by atoms with Gasteiger partial charge in [-0.15, -0.1) is 0 Å². The van der Waals surface area contributed by atoms with Crippen LogP contribution in [0.2, 0.25) is 0 Å². The molecule has 0 aliphatic rings. The zero-order chi connectivity index (χ0) is 10.8. The predicted molar refractivity (Wildman–Crippen MR) is 58.7 cm³/mol. The summed E-state index contributed by atoms with van der Waals surface area (Å²) in [6, 6.07) is 5.37. The second kappa shape index (κ2) is 4.02. The molecule has 15 heavy (non-hydrogen) atoms. The first-order valence-corrected chi connectivity index (χ1v) is 5.23. The third-order valence-electron chi connectivity index (χ3n) is 2.07. The Bertz CT molecular complexity index is 530. The SMILES string of the molecule is Cc1cccn(Cc2cc(Br)no2)c1=O. The average Bonchev–Trinajstić information content (AvgIpc) is 2.59. The normalized spacial score (nSPS) is 10.5. The van der Waals surface area contributed by atoms with Gasteiger partial charge in [-0.3, -0.25) is 4.79 Å². The molecule has 0 saturated carbocycles. The first-order valence-electron chi connectivity index (χ1n) is 4.44. The molecule has 2 rings (SSSR count). The van der Waals surface area contributed by atoms with Crippen LogP contribution >= 0.6 is 15.9 Å². The van der Waals surface area contributed by atoms with Crippen LogP contribution in [0.15, 0.2) is 38.3 Å². The number of halogens is 1. The van der Waals surface area contributed by atoms with Gasteiger partial charge in [0.15, 0.2) is 5.76 Å². The molecular formula is C10H9BrN2O2. The van der Waals surface area contributed by atoms with E-state index in [0.717, 1.165) is 5.56 Å². The van der Waals surface area contributed by atoms with Gasteiger partial charge < -0.3 is 9.09 Å². The molecule has 4 nitrogen and oxygen atoms in total. The maximum absolute atomic E-state index is 11.7. The van der Waals surface area contributed by atoms with Crippen molar-refractivity contribution in [2.45, 2.75) is 13.5 Å². The number of hydrogen-bond acceptors (Lipinski definition) is 3. The molecule has 0 unspecified atom stereocenters. The molecule has 0 saturated heterocycles.